The van der Waals surface area contributed by atoms with Crippen molar-refractivity contribution in [1.82, 2.24) is 35.0 Å². The van der Waals surface area contributed by atoms with Crippen molar-refractivity contribution < 1.29 is 48.0 Å². The average Bonchev–Trinajstić information content (AvgIpc) is 3.78. The Bertz CT molecular complexity index is 1850. The van der Waals surface area contributed by atoms with Gasteiger partial charge in [0.05, 0.1) is 36.6 Å². The number of carbonyl (C=O) groups is 4. The average molecular weight is 810 g/mol. The Morgan fingerprint density at radius 1 is 1.00 bits per heavy atom. The van der Waals surface area contributed by atoms with Crippen molar-refractivity contribution >= 4 is 23.6 Å². The van der Waals surface area contributed by atoms with Gasteiger partial charge in [0, 0.05) is 37.1 Å². The number of aromatic nitrogens is 5. The third-order valence-electron chi connectivity index (χ3n) is 12.2. The molecule has 5 rings (SSSR count). The van der Waals surface area contributed by atoms with Crippen LogP contribution in [0.15, 0.2) is 24.5 Å². The molecule has 3 unspecified atom stereocenters. The molecule has 2 aromatic rings. The van der Waals surface area contributed by atoms with Gasteiger partial charge < -0.3 is 33.7 Å². The number of cyclic esters (lactones) is 1. The molecule has 5 heterocycles. The molecule has 0 aromatic carbocycles. The number of hydrogen-bond donors (Lipinski definition) is 1. The van der Waals surface area contributed by atoms with E-state index in [1.807, 2.05) is 25.9 Å². The highest BCUT2D eigenvalue weighted by atomic mass is 16.7. The lowest BCUT2D eigenvalue weighted by molar-refractivity contribution is -0.295. The summed E-state index contributed by atoms with van der Waals surface area (Å²) in [6.07, 6.45) is -1.19. The number of amides is 1. The lowest BCUT2D eigenvalue weighted by Gasteiger charge is -2.47. The van der Waals surface area contributed by atoms with E-state index in [1.165, 1.54) is 23.6 Å². The molecule has 0 bridgehead atoms. The molecule has 0 saturated carbocycles. The molecule has 13 atom stereocenters. The Labute approximate surface area is 340 Å². The van der Waals surface area contributed by atoms with E-state index >= 15 is 0 Å². The number of nitrogens with zero attached hydrogens (tertiary/aromatic N) is 7. The highest BCUT2D eigenvalue weighted by molar-refractivity contribution is 6.00. The van der Waals surface area contributed by atoms with Crippen molar-refractivity contribution in [1.29, 1.82) is 0 Å². The van der Waals surface area contributed by atoms with Gasteiger partial charge in [0.2, 0.25) is 0 Å². The monoisotopic (exact) mass is 809 g/mol. The first kappa shape index (κ1) is 44.8. The van der Waals surface area contributed by atoms with Gasteiger partial charge in [-0.25, -0.2) is 9.48 Å². The van der Waals surface area contributed by atoms with Crippen LogP contribution in [0.3, 0.4) is 0 Å². The number of Topliss-reactive ketones (excluding diaryl/α,β-unsaturated/α-hetero) is 2. The number of esters is 1. The molecule has 58 heavy (non-hydrogen) atoms. The highest BCUT2D eigenvalue weighted by Crippen LogP contribution is 2.43. The van der Waals surface area contributed by atoms with Crippen LogP contribution < -0.4 is 0 Å². The number of ketones is 2. The smallest absolute Gasteiger partial charge is 0.411 e. The fourth-order valence-corrected chi connectivity index (χ4v) is 8.85. The van der Waals surface area contributed by atoms with Gasteiger partial charge in [0.1, 0.15) is 41.8 Å². The van der Waals surface area contributed by atoms with Crippen LogP contribution in [0.2, 0.25) is 0 Å². The van der Waals surface area contributed by atoms with Crippen molar-refractivity contribution in [2.45, 2.75) is 135 Å². The van der Waals surface area contributed by atoms with Crippen molar-refractivity contribution in [3.8, 4) is 23.2 Å². The number of ether oxygens (including phenoxy) is 5. The maximum Gasteiger partial charge on any atom is 0.411 e. The molecule has 0 spiro atoms. The van der Waals surface area contributed by atoms with Crippen molar-refractivity contribution in [2.24, 2.45) is 23.7 Å². The Hall–Kier alpha value is -4.34. The minimum absolute atomic E-state index is 0.0903. The van der Waals surface area contributed by atoms with Crippen LogP contribution >= 0.6 is 0 Å². The van der Waals surface area contributed by atoms with Crippen LogP contribution in [-0.2, 0) is 44.6 Å². The van der Waals surface area contributed by atoms with E-state index in [0.29, 0.717) is 17.8 Å². The highest BCUT2D eigenvalue weighted by Gasteiger charge is 2.60. The molecule has 0 radical (unpaired) electrons. The summed E-state index contributed by atoms with van der Waals surface area (Å²) in [5.41, 5.74) is -1.71. The van der Waals surface area contributed by atoms with E-state index in [-0.39, 0.29) is 43.9 Å². The Morgan fingerprint density at radius 3 is 2.34 bits per heavy atom. The second kappa shape index (κ2) is 18.3. The first-order valence-electron chi connectivity index (χ1n) is 20.0. The number of carbonyl (C=O) groups excluding carboxylic acids is 4. The Balaban J connectivity index is 1.47. The summed E-state index contributed by atoms with van der Waals surface area (Å²) in [4.78, 5) is 59.9. The normalized spacial score (nSPS) is 36.4. The summed E-state index contributed by atoms with van der Waals surface area (Å²) < 4.78 is 32.5. The fourth-order valence-electron chi connectivity index (χ4n) is 8.85. The minimum atomic E-state index is -1.49. The first-order chi connectivity index (χ1) is 27.4. The van der Waals surface area contributed by atoms with E-state index in [2.05, 4.69) is 32.4 Å². The zero-order valence-corrected chi connectivity index (χ0v) is 35.4. The molecule has 318 valence electrons. The molecule has 1 N–H and O–H groups in total. The number of fused-ring (bicyclic) bond motifs is 1. The molecule has 17 heteroatoms. The summed E-state index contributed by atoms with van der Waals surface area (Å²) in [6, 6.07) is 2.30. The van der Waals surface area contributed by atoms with E-state index in [0.717, 1.165) is 0 Å². The van der Waals surface area contributed by atoms with Gasteiger partial charge in [0.25, 0.3) is 0 Å². The van der Waals surface area contributed by atoms with E-state index in [1.54, 1.807) is 66.1 Å². The number of aliphatic hydroxyl groups is 1. The zero-order valence-electron chi connectivity index (χ0n) is 35.4. The predicted molar refractivity (Wildman–Crippen MR) is 208 cm³/mol. The predicted octanol–water partition coefficient (Wildman–Crippen LogP) is 2.94. The number of methoxy groups -OCH3 is 1. The second-order valence-electron chi connectivity index (χ2n) is 16.6. The molecular formula is C41H59N7O10. The summed E-state index contributed by atoms with van der Waals surface area (Å²) in [5.74, 6) is 0.765. The topological polar surface area (TPSA) is 198 Å². The second-order valence-corrected chi connectivity index (χ2v) is 16.6. The molecule has 3 aliphatic rings. The van der Waals surface area contributed by atoms with Crippen LogP contribution in [0.4, 0.5) is 4.79 Å². The minimum Gasteiger partial charge on any atom is -0.458 e. The molecule has 2 aromatic heterocycles. The summed E-state index contributed by atoms with van der Waals surface area (Å²) >= 11 is 0. The Kier molecular flexibility index (Phi) is 14.1. The summed E-state index contributed by atoms with van der Waals surface area (Å²) in [6.45, 7) is 13.7. The van der Waals surface area contributed by atoms with Crippen molar-refractivity contribution in [3.05, 3.63) is 24.5 Å². The SMILES string of the molecule is CC[C@H]1OC(=O)[C@H](C)C(=O)[C@H](C)[C@@H](O[C@@H]2OC(C)CC(N(C)C)C2O)[C@](C)(OC)C[C@@H](C)C(=O)[C@H](C)[C@H]2N(CC#CCn3cc(-c4cccnn4)nn3)C(=O)O[C@]12C. The molecular weight excluding hydrogens is 750 g/mol. The number of aliphatic hydroxyl groups excluding tert-OH is 1. The number of rotatable bonds is 8. The van der Waals surface area contributed by atoms with Crippen LogP contribution in [0.1, 0.15) is 74.7 Å². The maximum absolute atomic E-state index is 14.7. The van der Waals surface area contributed by atoms with Crippen molar-refractivity contribution in [3.63, 3.8) is 0 Å². The Morgan fingerprint density at radius 2 is 1.71 bits per heavy atom. The van der Waals surface area contributed by atoms with Gasteiger partial charge >= 0.3 is 12.1 Å². The lowest BCUT2D eigenvalue weighted by atomic mass is 9.73. The van der Waals surface area contributed by atoms with Crippen LogP contribution in [-0.4, -0.2) is 145 Å². The number of hydrogen-bond acceptors (Lipinski definition) is 15. The number of likely N-dealkylation sites (N-methyl/N-ethyl adjacent to an activating group) is 1. The molecule has 0 aliphatic carbocycles. The maximum atomic E-state index is 14.7. The van der Waals surface area contributed by atoms with Gasteiger partial charge in [-0.1, -0.05) is 44.7 Å². The van der Waals surface area contributed by atoms with Gasteiger partial charge in [-0.15, -0.1) is 10.2 Å². The molecule has 3 aliphatic heterocycles. The molecule has 3 fully saturated rings. The lowest BCUT2D eigenvalue weighted by Crippen LogP contribution is -2.60. The summed E-state index contributed by atoms with van der Waals surface area (Å²) in [5, 5.41) is 27.6. The van der Waals surface area contributed by atoms with E-state index < -0.39 is 83.4 Å². The standard InChI is InChI=1S/C41H59N7O10/c1-12-31-41(8)35(48(39(53)58-41)19-14-13-18-47-22-29(44-45-47)28-16-15-17-42-43-28)25(4)32(49)23(2)21-40(7,54-11)36(26(5)33(50)27(6)37(52)56-31)57-38-34(51)30(46(9)10)20-24(3)55-38/h15-17,22-27,30-31,34-36,38,51H,12,18-21H2,1-11H3/t23-,24?,25+,26+,27-,30?,31-,34?,35-,36-,38+,40-,41-/m1/s1. The van der Waals surface area contributed by atoms with Gasteiger partial charge in [0.15, 0.2) is 17.7 Å². The zero-order chi connectivity index (χ0) is 42.7. The third kappa shape index (κ3) is 9.11. The quantitative estimate of drug-likeness (QED) is 0.232. The van der Waals surface area contributed by atoms with Gasteiger partial charge in [-0.3, -0.25) is 19.3 Å². The van der Waals surface area contributed by atoms with Crippen LogP contribution in [0.25, 0.3) is 11.4 Å². The summed E-state index contributed by atoms with van der Waals surface area (Å²) in [7, 11) is 5.19. The van der Waals surface area contributed by atoms with E-state index in [4.69, 9.17) is 23.7 Å². The largest absolute Gasteiger partial charge is 0.458 e. The van der Waals surface area contributed by atoms with Crippen LogP contribution in [0.5, 0.6) is 0 Å². The molecule has 3 saturated heterocycles. The van der Waals surface area contributed by atoms with E-state index in [9.17, 15) is 24.3 Å². The fraction of sp³-hybridized carbons (Fsp3) is 0.707. The van der Waals surface area contributed by atoms with Crippen molar-refractivity contribution in [2.75, 3.05) is 27.7 Å². The van der Waals surface area contributed by atoms with Gasteiger partial charge in [-0.2, -0.15) is 5.10 Å². The van der Waals surface area contributed by atoms with Crippen LogP contribution in [0, 0.1) is 35.5 Å². The molecule has 17 nitrogen and oxygen atoms in total. The van der Waals surface area contributed by atoms with Gasteiger partial charge in [-0.05, 0) is 73.2 Å². The third-order valence-corrected chi connectivity index (χ3v) is 12.2. The molecule has 1 amide bonds. The first-order valence-corrected chi connectivity index (χ1v) is 20.0.